The summed E-state index contributed by atoms with van der Waals surface area (Å²) in [5.41, 5.74) is 8.11. The first kappa shape index (κ1) is 20.7. The average Bonchev–Trinajstić information content (AvgIpc) is 3.34. The van der Waals surface area contributed by atoms with Gasteiger partial charge in [0.2, 0.25) is 5.91 Å². The second-order valence-electron chi connectivity index (χ2n) is 9.49. The number of pyridine rings is 1. The van der Waals surface area contributed by atoms with Crippen LogP contribution in [0.15, 0.2) is 36.8 Å². The van der Waals surface area contributed by atoms with Crippen LogP contribution in [-0.2, 0) is 4.79 Å². The summed E-state index contributed by atoms with van der Waals surface area (Å²) in [4.78, 5) is 23.9. The van der Waals surface area contributed by atoms with Crippen LogP contribution in [0.2, 0.25) is 0 Å². The third-order valence-corrected chi connectivity index (χ3v) is 6.57. The van der Waals surface area contributed by atoms with Gasteiger partial charge in [-0.15, -0.1) is 0 Å². The summed E-state index contributed by atoms with van der Waals surface area (Å²) < 4.78 is 1.85. The number of amides is 1. The molecule has 1 aromatic carbocycles. The maximum Gasteiger partial charge on any atom is 0.236 e. The van der Waals surface area contributed by atoms with Crippen molar-refractivity contribution in [1.82, 2.24) is 29.4 Å². The lowest BCUT2D eigenvalue weighted by molar-refractivity contribution is -0.131. The van der Waals surface area contributed by atoms with Crippen molar-refractivity contribution < 1.29 is 4.79 Å². The molecule has 5 rings (SSSR count). The number of benzene rings is 1. The number of aromatic nitrogens is 4. The van der Waals surface area contributed by atoms with E-state index in [9.17, 15) is 4.79 Å². The average molecular weight is 431 g/mol. The van der Waals surface area contributed by atoms with Crippen LogP contribution >= 0.6 is 0 Å². The molecule has 1 fully saturated rings. The third kappa shape index (κ3) is 3.46. The van der Waals surface area contributed by atoms with Gasteiger partial charge in [0.05, 0.1) is 12.2 Å². The lowest BCUT2D eigenvalue weighted by Gasteiger charge is -2.39. The highest BCUT2D eigenvalue weighted by Gasteiger charge is 2.30. The molecule has 0 saturated carbocycles. The first-order valence-electron chi connectivity index (χ1n) is 11.2. The maximum absolute atomic E-state index is 12.0. The summed E-state index contributed by atoms with van der Waals surface area (Å²) >= 11 is 0. The first-order chi connectivity index (χ1) is 15.3. The van der Waals surface area contributed by atoms with Gasteiger partial charge >= 0.3 is 0 Å². The summed E-state index contributed by atoms with van der Waals surface area (Å²) in [5.74, 6) is 1.01. The first-order valence-corrected chi connectivity index (χ1v) is 11.2. The Morgan fingerprint density at radius 3 is 2.75 bits per heavy atom. The molecule has 1 saturated heterocycles. The number of nitrogens with one attached hydrogen (secondary N) is 1. The van der Waals surface area contributed by atoms with E-state index < -0.39 is 0 Å². The highest BCUT2D eigenvalue weighted by Crippen LogP contribution is 2.38. The van der Waals surface area contributed by atoms with Crippen molar-refractivity contribution >= 4 is 22.5 Å². The fourth-order valence-corrected chi connectivity index (χ4v) is 4.78. The fourth-order valence-electron chi connectivity index (χ4n) is 4.78. The Morgan fingerprint density at radius 2 is 2.03 bits per heavy atom. The predicted molar refractivity (Wildman–Crippen MR) is 127 cm³/mol. The Bertz CT molecular complexity index is 1310. The summed E-state index contributed by atoms with van der Waals surface area (Å²) in [6, 6.07) is 8.97. The van der Waals surface area contributed by atoms with Gasteiger partial charge in [-0.2, -0.15) is 5.10 Å². The van der Waals surface area contributed by atoms with E-state index in [1.165, 1.54) is 16.5 Å². The molecule has 4 aromatic rings. The number of hydrogen-bond acceptors (Lipinski definition) is 4. The van der Waals surface area contributed by atoms with Crippen molar-refractivity contribution in [3.63, 3.8) is 0 Å². The van der Waals surface area contributed by atoms with Gasteiger partial charge in [0.25, 0.3) is 0 Å². The van der Waals surface area contributed by atoms with Crippen LogP contribution in [0.25, 0.3) is 27.8 Å². The second kappa shape index (κ2) is 7.74. The monoisotopic (exact) mass is 430 g/mol. The molecule has 0 aliphatic carbocycles. The Labute approximate surface area is 188 Å². The van der Waals surface area contributed by atoms with Crippen LogP contribution in [0.1, 0.15) is 42.4 Å². The van der Waals surface area contributed by atoms with Crippen molar-refractivity contribution in [2.75, 3.05) is 33.7 Å². The number of carbonyl (C=O) groups excluding carboxylic acids is 1. The van der Waals surface area contributed by atoms with Gasteiger partial charge in [0.15, 0.2) is 5.65 Å². The van der Waals surface area contributed by atoms with Crippen molar-refractivity contribution in [3.05, 3.63) is 53.5 Å². The Hall–Kier alpha value is -3.19. The van der Waals surface area contributed by atoms with Gasteiger partial charge in [-0.25, -0.2) is 9.50 Å². The molecule has 0 spiro atoms. The number of carbonyl (C=O) groups is 1. The molecule has 32 heavy (non-hydrogen) atoms. The number of nitrogens with zero attached hydrogens (tertiary/aromatic N) is 5. The van der Waals surface area contributed by atoms with E-state index in [0.29, 0.717) is 18.4 Å². The standard InChI is InChI=1S/C25H30N6O/c1-15(2)23-20-9-17(19-10-30(11-19)13-22(32)29(4)5)6-7-21(20)28-24(23)18-8-16(3)25-26-14-27-31(25)12-18/h6-9,12,14-15,19,28H,10-11,13H2,1-5H3. The summed E-state index contributed by atoms with van der Waals surface area (Å²) in [5, 5.41) is 5.63. The highest BCUT2D eigenvalue weighted by molar-refractivity contribution is 5.92. The van der Waals surface area contributed by atoms with Crippen LogP contribution in [-0.4, -0.2) is 69.0 Å². The van der Waals surface area contributed by atoms with E-state index in [1.807, 2.05) is 18.6 Å². The lowest BCUT2D eigenvalue weighted by Crippen LogP contribution is -2.49. The SMILES string of the molecule is Cc1cc(-c2[nH]c3ccc(C4CN(CC(=O)N(C)C)C4)cc3c2C(C)C)cn2ncnc12. The van der Waals surface area contributed by atoms with E-state index >= 15 is 0 Å². The van der Waals surface area contributed by atoms with Gasteiger partial charge in [-0.1, -0.05) is 19.9 Å². The molecule has 4 heterocycles. The molecule has 0 bridgehead atoms. The third-order valence-electron chi connectivity index (χ3n) is 6.57. The zero-order valence-corrected chi connectivity index (χ0v) is 19.4. The number of aromatic amines is 1. The molecule has 7 heteroatoms. The molecule has 1 amide bonds. The number of H-pyrrole nitrogens is 1. The quantitative estimate of drug-likeness (QED) is 0.523. The molecular formula is C25H30N6O. The molecule has 7 nitrogen and oxygen atoms in total. The number of likely N-dealkylation sites (N-methyl/N-ethyl adjacent to an activating group) is 1. The molecule has 0 radical (unpaired) electrons. The molecule has 166 valence electrons. The Balaban J connectivity index is 1.49. The van der Waals surface area contributed by atoms with Crippen LogP contribution in [0.4, 0.5) is 0 Å². The van der Waals surface area contributed by atoms with Gasteiger partial charge in [0, 0.05) is 55.8 Å². The van der Waals surface area contributed by atoms with Gasteiger partial charge in [0.1, 0.15) is 6.33 Å². The number of fused-ring (bicyclic) bond motifs is 2. The van der Waals surface area contributed by atoms with Gasteiger partial charge in [-0.05, 0) is 47.7 Å². The van der Waals surface area contributed by atoms with Gasteiger partial charge < -0.3 is 9.88 Å². The lowest BCUT2D eigenvalue weighted by atomic mass is 9.89. The minimum atomic E-state index is 0.163. The minimum Gasteiger partial charge on any atom is -0.354 e. The van der Waals surface area contributed by atoms with Crippen LogP contribution in [0.5, 0.6) is 0 Å². The van der Waals surface area contributed by atoms with E-state index in [0.717, 1.165) is 41.1 Å². The zero-order chi connectivity index (χ0) is 22.6. The van der Waals surface area contributed by atoms with Gasteiger partial charge in [-0.3, -0.25) is 9.69 Å². The molecule has 1 aliphatic heterocycles. The van der Waals surface area contributed by atoms with Crippen LogP contribution in [0.3, 0.4) is 0 Å². The van der Waals surface area contributed by atoms with Crippen molar-refractivity contribution in [2.45, 2.75) is 32.6 Å². The highest BCUT2D eigenvalue weighted by atomic mass is 16.2. The van der Waals surface area contributed by atoms with E-state index in [1.54, 1.807) is 11.2 Å². The zero-order valence-electron chi connectivity index (χ0n) is 19.4. The van der Waals surface area contributed by atoms with E-state index in [-0.39, 0.29) is 5.91 Å². The van der Waals surface area contributed by atoms with E-state index in [4.69, 9.17) is 0 Å². The maximum atomic E-state index is 12.0. The summed E-state index contributed by atoms with van der Waals surface area (Å²) in [6.07, 6.45) is 3.65. The van der Waals surface area contributed by atoms with E-state index in [2.05, 4.69) is 71.2 Å². The van der Waals surface area contributed by atoms with Crippen molar-refractivity contribution in [2.24, 2.45) is 0 Å². The molecule has 0 unspecified atom stereocenters. The largest absolute Gasteiger partial charge is 0.354 e. The Kier molecular flexibility index (Phi) is 5.01. The molecular weight excluding hydrogens is 400 g/mol. The topological polar surface area (TPSA) is 69.5 Å². The summed E-state index contributed by atoms with van der Waals surface area (Å²) in [7, 11) is 3.62. The second-order valence-corrected chi connectivity index (χ2v) is 9.49. The molecule has 3 aromatic heterocycles. The number of rotatable bonds is 5. The van der Waals surface area contributed by atoms with Crippen molar-refractivity contribution in [1.29, 1.82) is 0 Å². The van der Waals surface area contributed by atoms with Crippen LogP contribution < -0.4 is 0 Å². The predicted octanol–water partition coefficient (Wildman–Crippen LogP) is 3.80. The van der Waals surface area contributed by atoms with Crippen molar-refractivity contribution in [3.8, 4) is 11.3 Å². The normalized spacial score (nSPS) is 15.1. The Morgan fingerprint density at radius 1 is 1.25 bits per heavy atom. The summed E-state index contributed by atoms with van der Waals surface area (Å²) in [6.45, 7) is 8.94. The molecule has 0 atom stereocenters. The number of likely N-dealkylation sites (tertiary alicyclic amines) is 1. The molecule has 1 aliphatic rings. The minimum absolute atomic E-state index is 0.163. The number of aryl methyl sites for hydroxylation is 1. The fraction of sp³-hybridized carbons (Fsp3) is 0.400. The van der Waals surface area contributed by atoms with Crippen LogP contribution in [0, 0.1) is 6.92 Å². The smallest absolute Gasteiger partial charge is 0.236 e. The molecule has 1 N–H and O–H groups in total. The number of hydrogen-bond donors (Lipinski definition) is 1.